The molecule has 2 aromatic heterocycles. The molecule has 10 rings (SSSR count). The van der Waals surface area contributed by atoms with Crippen molar-refractivity contribution in [2.45, 2.75) is 12.8 Å². The van der Waals surface area contributed by atoms with Crippen molar-refractivity contribution in [2.75, 3.05) is 4.90 Å². The second-order valence-corrected chi connectivity index (χ2v) is 13.2. The van der Waals surface area contributed by atoms with E-state index in [0.717, 1.165) is 90.3 Å². The summed E-state index contributed by atoms with van der Waals surface area (Å²) in [6.07, 6.45) is 6.62. The first kappa shape index (κ1) is 29.3. The van der Waals surface area contributed by atoms with E-state index in [9.17, 15) is 0 Å². The largest absolute Gasteiger partial charge is 0.455 e. The summed E-state index contributed by atoms with van der Waals surface area (Å²) in [5.74, 6) is 0. The standard InChI is InChI=1S/C48H33NO2/c1-2-11-32(12-3-1)35-13-8-14-38(31-35)49(36-27-23-33(24-28-36)39-17-9-19-43-41-15-4-6-21-45(41)50-47(39)43)37-29-25-34(26-30-37)40-18-10-20-44-42-16-5-7-22-46(42)51-48(40)44/h1-7,9-13,15-31H,8,14H2. The van der Waals surface area contributed by atoms with Gasteiger partial charge in [-0.25, -0.2) is 0 Å². The summed E-state index contributed by atoms with van der Waals surface area (Å²) in [5, 5.41) is 4.56. The van der Waals surface area contributed by atoms with Gasteiger partial charge in [-0.1, -0.05) is 133 Å². The Kier molecular flexibility index (Phi) is 6.95. The van der Waals surface area contributed by atoms with Gasteiger partial charge in [0.25, 0.3) is 0 Å². The molecule has 0 fully saturated rings. The number of hydrogen-bond donors (Lipinski definition) is 0. The minimum atomic E-state index is 0.911. The fourth-order valence-corrected chi connectivity index (χ4v) is 7.70. The first-order valence-corrected chi connectivity index (χ1v) is 17.6. The molecule has 242 valence electrons. The topological polar surface area (TPSA) is 29.5 Å². The molecule has 0 spiro atoms. The minimum absolute atomic E-state index is 0.911. The summed E-state index contributed by atoms with van der Waals surface area (Å²) in [7, 11) is 0. The molecule has 0 atom stereocenters. The minimum Gasteiger partial charge on any atom is -0.455 e. The Morgan fingerprint density at radius 2 is 0.902 bits per heavy atom. The number of nitrogens with zero attached hydrogens (tertiary/aromatic N) is 1. The van der Waals surface area contributed by atoms with Crippen molar-refractivity contribution in [3.8, 4) is 22.3 Å². The third-order valence-electron chi connectivity index (χ3n) is 10.2. The first-order valence-electron chi connectivity index (χ1n) is 17.6. The highest BCUT2D eigenvalue weighted by Crippen LogP contribution is 2.41. The van der Waals surface area contributed by atoms with E-state index in [2.05, 4.69) is 157 Å². The lowest BCUT2D eigenvalue weighted by Crippen LogP contribution is -2.18. The Hall–Kier alpha value is -6.58. The van der Waals surface area contributed by atoms with Gasteiger partial charge in [0.1, 0.15) is 22.3 Å². The molecule has 1 aliphatic carbocycles. The number of hydrogen-bond acceptors (Lipinski definition) is 3. The maximum Gasteiger partial charge on any atom is 0.143 e. The van der Waals surface area contributed by atoms with Crippen molar-refractivity contribution in [2.24, 2.45) is 0 Å². The van der Waals surface area contributed by atoms with E-state index in [1.165, 1.54) is 16.8 Å². The van der Waals surface area contributed by atoms with Crippen LogP contribution in [0.3, 0.4) is 0 Å². The summed E-state index contributed by atoms with van der Waals surface area (Å²) in [6.45, 7) is 0. The number of rotatable bonds is 6. The van der Waals surface area contributed by atoms with Gasteiger partial charge in [-0.05, 0) is 77.6 Å². The van der Waals surface area contributed by atoms with Crippen LogP contribution in [0.2, 0.25) is 0 Å². The SMILES string of the molecule is C1=C(c2ccccc2)C=C(N(c2ccc(-c3cccc4c3oc3ccccc34)cc2)c2ccc(-c3cccc4c3oc3ccccc34)cc2)CC1. The van der Waals surface area contributed by atoms with Crippen LogP contribution in [0.15, 0.2) is 190 Å². The van der Waals surface area contributed by atoms with Gasteiger partial charge in [-0.15, -0.1) is 0 Å². The van der Waals surface area contributed by atoms with Crippen molar-refractivity contribution in [3.63, 3.8) is 0 Å². The quantitative estimate of drug-likeness (QED) is 0.179. The van der Waals surface area contributed by atoms with Crippen LogP contribution in [-0.4, -0.2) is 0 Å². The monoisotopic (exact) mass is 655 g/mol. The van der Waals surface area contributed by atoms with Gasteiger partial charge in [0, 0.05) is 49.7 Å². The third kappa shape index (κ3) is 5.05. The lowest BCUT2D eigenvalue weighted by atomic mass is 9.96. The zero-order chi connectivity index (χ0) is 33.7. The number of fused-ring (bicyclic) bond motifs is 6. The molecule has 0 amide bonds. The maximum atomic E-state index is 6.39. The van der Waals surface area contributed by atoms with Crippen LogP contribution in [0.25, 0.3) is 71.7 Å². The predicted octanol–water partition coefficient (Wildman–Crippen LogP) is 13.7. The fraction of sp³-hybridized carbons (Fsp3) is 0.0417. The summed E-state index contributed by atoms with van der Waals surface area (Å²) in [6, 6.07) is 57.9. The molecule has 51 heavy (non-hydrogen) atoms. The molecule has 0 saturated carbocycles. The Bertz CT molecular complexity index is 2620. The zero-order valence-electron chi connectivity index (χ0n) is 27.9. The Labute approximate surface area is 296 Å². The number of furan rings is 2. The van der Waals surface area contributed by atoms with Crippen molar-refractivity contribution in [3.05, 3.63) is 187 Å². The molecule has 1 aliphatic rings. The summed E-state index contributed by atoms with van der Waals surface area (Å²) in [5.41, 5.74) is 14.1. The van der Waals surface area contributed by atoms with Gasteiger partial charge in [0.05, 0.1) is 0 Å². The van der Waals surface area contributed by atoms with Crippen LogP contribution in [0.4, 0.5) is 11.4 Å². The van der Waals surface area contributed by atoms with Crippen molar-refractivity contribution in [1.82, 2.24) is 0 Å². The average molecular weight is 656 g/mol. The summed E-state index contributed by atoms with van der Waals surface area (Å²) in [4.78, 5) is 2.41. The van der Waals surface area contributed by atoms with Crippen LogP contribution >= 0.6 is 0 Å². The molecule has 0 aliphatic heterocycles. The average Bonchev–Trinajstić information content (AvgIpc) is 3.78. The van der Waals surface area contributed by atoms with Gasteiger partial charge in [-0.2, -0.15) is 0 Å². The molecule has 3 nitrogen and oxygen atoms in total. The number of para-hydroxylation sites is 4. The fourth-order valence-electron chi connectivity index (χ4n) is 7.70. The molecular formula is C48H33NO2. The maximum absolute atomic E-state index is 6.39. The lowest BCUT2D eigenvalue weighted by Gasteiger charge is -2.30. The van der Waals surface area contributed by atoms with Crippen LogP contribution in [0, 0.1) is 0 Å². The molecule has 0 N–H and O–H groups in total. The van der Waals surface area contributed by atoms with Gasteiger partial charge in [-0.3, -0.25) is 0 Å². The molecule has 0 saturated heterocycles. The number of allylic oxidation sites excluding steroid dienone is 4. The van der Waals surface area contributed by atoms with Crippen molar-refractivity contribution >= 4 is 60.8 Å². The third-order valence-corrected chi connectivity index (χ3v) is 10.2. The van der Waals surface area contributed by atoms with Crippen LogP contribution in [0.5, 0.6) is 0 Å². The lowest BCUT2D eigenvalue weighted by molar-refractivity contribution is 0.669. The van der Waals surface area contributed by atoms with E-state index in [0.29, 0.717) is 0 Å². The number of anilines is 2. The van der Waals surface area contributed by atoms with Crippen molar-refractivity contribution in [1.29, 1.82) is 0 Å². The smallest absolute Gasteiger partial charge is 0.143 e. The zero-order valence-corrected chi connectivity index (χ0v) is 27.9. The Morgan fingerprint density at radius 3 is 1.45 bits per heavy atom. The van der Waals surface area contributed by atoms with Crippen LogP contribution in [-0.2, 0) is 0 Å². The second-order valence-electron chi connectivity index (χ2n) is 13.2. The molecule has 0 radical (unpaired) electrons. The Balaban J connectivity index is 1.06. The molecule has 0 unspecified atom stereocenters. The normalized spacial score (nSPS) is 13.2. The summed E-state index contributed by atoms with van der Waals surface area (Å²) >= 11 is 0. The van der Waals surface area contributed by atoms with Gasteiger partial charge in [0.15, 0.2) is 0 Å². The van der Waals surface area contributed by atoms with Gasteiger partial charge in [0.2, 0.25) is 0 Å². The van der Waals surface area contributed by atoms with Crippen molar-refractivity contribution < 1.29 is 8.83 Å². The van der Waals surface area contributed by atoms with Crippen LogP contribution in [0.1, 0.15) is 18.4 Å². The summed E-state index contributed by atoms with van der Waals surface area (Å²) < 4.78 is 12.8. The van der Waals surface area contributed by atoms with E-state index in [4.69, 9.17) is 8.83 Å². The predicted molar refractivity (Wildman–Crippen MR) is 212 cm³/mol. The molecule has 0 bridgehead atoms. The Morgan fingerprint density at radius 1 is 0.412 bits per heavy atom. The molecule has 9 aromatic rings. The van der Waals surface area contributed by atoms with E-state index >= 15 is 0 Å². The highest BCUT2D eigenvalue weighted by Gasteiger charge is 2.20. The van der Waals surface area contributed by atoms with Gasteiger partial charge < -0.3 is 13.7 Å². The number of benzene rings is 7. The molecule has 7 aromatic carbocycles. The van der Waals surface area contributed by atoms with E-state index in [1.807, 2.05) is 24.3 Å². The molecular weight excluding hydrogens is 623 g/mol. The molecule has 3 heteroatoms. The van der Waals surface area contributed by atoms with E-state index < -0.39 is 0 Å². The molecule has 2 heterocycles. The second kappa shape index (κ2) is 12.1. The highest BCUT2D eigenvalue weighted by molar-refractivity contribution is 6.10. The first-order chi connectivity index (χ1) is 25.3. The van der Waals surface area contributed by atoms with Gasteiger partial charge >= 0.3 is 0 Å². The van der Waals surface area contributed by atoms with E-state index in [-0.39, 0.29) is 0 Å². The van der Waals surface area contributed by atoms with Crippen LogP contribution < -0.4 is 4.90 Å². The highest BCUT2D eigenvalue weighted by atomic mass is 16.3. The van der Waals surface area contributed by atoms with E-state index in [1.54, 1.807) is 0 Å².